The molecule has 0 saturated carbocycles. The maximum absolute atomic E-state index is 12.6. The number of benzene rings is 1. The smallest absolute Gasteiger partial charge is 0.270 e. The first-order valence-electron chi connectivity index (χ1n) is 8.64. The van der Waals surface area contributed by atoms with Crippen molar-refractivity contribution < 1.29 is 13.2 Å². The van der Waals surface area contributed by atoms with E-state index in [1.807, 2.05) is 13.0 Å². The van der Waals surface area contributed by atoms with Crippen molar-refractivity contribution in [2.75, 3.05) is 5.32 Å². The summed E-state index contributed by atoms with van der Waals surface area (Å²) in [4.78, 5) is 11.1. The molecule has 2 N–H and O–H groups in total. The number of aromatic nitrogens is 2. The van der Waals surface area contributed by atoms with E-state index >= 15 is 0 Å². The molecule has 1 aromatic carbocycles. The first-order valence-corrected chi connectivity index (χ1v) is 10.9. The van der Waals surface area contributed by atoms with Gasteiger partial charge < -0.3 is 5.32 Å². The van der Waals surface area contributed by atoms with Crippen LogP contribution >= 0.6 is 11.3 Å². The van der Waals surface area contributed by atoms with E-state index in [1.54, 1.807) is 0 Å². The molecule has 1 atom stereocenters. The molecule has 1 heterocycles. The first-order chi connectivity index (χ1) is 12.4. The molecular formula is C17H22N4O3S2. The number of nitrogens with zero attached hydrogens (tertiary/aromatic N) is 2. The summed E-state index contributed by atoms with van der Waals surface area (Å²) in [6.45, 7) is 3.27. The van der Waals surface area contributed by atoms with Gasteiger partial charge in [-0.25, -0.2) is 13.1 Å². The lowest BCUT2D eigenvalue weighted by atomic mass is 9.89. The number of carbonyl (C=O) groups excluding carboxylic acids is 1. The maximum atomic E-state index is 12.6. The van der Waals surface area contributed by atoms with Crippen LogP contribution in [0.15, 0.2) is 22.5 Å². The lowest BCUT2D eigenvalue weighted by Crippen LogP contribution is -2.28. The maximum Gasteiger partial charge on any atom is 0.270 e. The largest absolute Gasteiger partial charge is 0.301 e. The second-order valence-electron chi connectivity index (χ2n) is 6.37. The molecule has 0 spiro atoms. The Balaban J connectivity index is 1.80. The first kappa shape index (κ1) is 18.9. The highest BCUT2D eigenvalue weighted by Crippen LogP contribution is 2.28. The molecular weight excluding hydrogens is 372 g/mol. The molecule has 2 aromatic rings. The summed E-state index contributed by atoms with van der Waals surface area (Å²) >= 11 is 0.834. The van der Waals surface area contributed by atoms with Gasteiger partial charge in [0.1, 0.15) is 0 Å². The van der Waals surface area contributed by atoms with Crippen LogP contribution in [0.2, 0.25) is 0 Å². The molecule has 9 heteroatoms. The summed E-state index contributed by atoms with van der Waals surface area (Å²) in [5.41, 5.74) is 3.64. The van der Waals surface area contributed by atoms with Crippen LogP contribution in [0.25, 0.3) is 0 Å². The van der Waals surface area contributed by atoms with Gasteiger partial charge in [-0.3, -0.25) is 4.79 Å². The third-order valence-corrected chi connectivity index (χ3v) is 7.08. The van der Waals surface area contributed by atoms with Crippen molar-refractivity contribution in [3.05, 3.63) is 34.9 Å². The van der Waals surface area contributed by atoms with Crippen molar-refractivity contribution in [1.29, 1.82) is 0 Å². The van der Waals surface area contributed by atoms with Crippen molar-refractivity contribution >= 4 is 32.4 Å². The van der Waals surface area contributed by atoms with Crippen molar-refractivity contribution in [3.8, 4) is 0 Å². The molecule has 0 bridgehead atoms. The second-order valence-corrected chi connectivity index (χ2v) is 9.24. The fourth-order valence-corrected chi connectivity index (χ4v) is 5.38. The van der Waals surface area contributed by atoms with Gasteiger partial charge in [0.15, 0.2) is 0 Å². The molecule has 0 fully saturated rings. The van der Waals surface area contributed by atoms with Crippen LogP contribution in [0.5, 0.6) is 0 Å². The van der Waals surface area contributed by atoms with E-state index < -0.39 is 10.0 Å². The van der Waals surface area contributed by atoms with Crippen LogP contribution < -0.4 is 10.0 Å². The molecule has 1 aromatic heterocycles. The monoisotopic (exact) mass is 394 g/mol. The Morgan fingerprint density at radius 1 is 1.23 bits per heavy atom. The lowest BCUT2D eigenvalue weighted by molar-refractivity contribution is -0.114. The highest BCUT2D eigenvalue weighted by molar-refractivity contribution is 7.91. The Morgan fingerprint density at radius 2 is 1.96 bits per heavy atom. The average molecular weight is 395 g/mol. The summed E-state index contributed by atoms with van der Waals surface area (Å²) < 4.78 is 27.9. The molecule has 1 aliphatic rings. The third-order valence-electron chi connectivity index (χ3n) is 4.40. The number of hydrogen-bond acceptors (Lipinski definition) is 6. The molecule has 140 valence electrons. The third kappa shape index (κ3) is 4.28. The Bertz CT molecular complexity index is 908. The number of nitrogens with one attached hydrogen (secondary N) is 2. The van der Waals surface area contributed by atoms with Crippen molar-refractivity contribution in [1.82, 2.24) is 14.9 Å². The van der Waals surface area contributed by atoms with Crippen LogP contribution in [0.4, 0.5) is 5.13 Å². The van der Waals surface area contributed by atoms with Gasteiger partial charge in [0.25, 0.3) is 10.0 Å². The van der Waals surface area contributed by atoms with Crippen molar-refractivity contribution in [2.45, 2.75) is 56.3 Å². The molecule has 3 rings (SSSR count). The molecule has 0 radical (unpaired) electrons. The number of sulfonamides is 1. The van der Waals surface area contributed by atoms with Gasteiger partial charge in [0.05, 0.1) is 0 Å². The Hall–Kier alpha value is -1.84. The van der Waals surface area contributed by atoms with Crippen LogP contribution in [-0.4, -0.2) is 24.5 Å². The predicted octanol–water partition coefficient (Wildman–Crippen LogP) is 2.80. The highest BCUT2D eigenvalue weighted by Gasteiger charge is 2.25. The van der Waals surface area contributed by atoms with Crippen LogP contribution in [0.3, 0.4) is 0 Å². The zero-order chi connectivity index (χ0) is 18.7. The number of hydrogen-bond donors (Lipinski definition) is 2. The summed E-state index contributed by atoms with van der Waals surface area (Å²) in [5.74, 6) is -0.321. The average Bonchev–Trinajstić information content (AvgIpc) is 3.08. The standard InChI is InChI=1S/C17H22N4O3S2/c1-3-15(14-9-8-12-6-4-5-7-13(12)10-14)21-26(23,24)17-20-19-16(25-17)18-11(2)22/h8-10,15,21H,3-7H2,1-2H3,(H,18,19,22). The molecule has 0 saturated heterocycles. The number of rotatable bonds is 6. The molecule has 0 aliphatic heterocycles. The van der Waals surface area contributed by atoms with Crippen LogP contribution in [-0.2, 0) is 27.7 Å². The summed E-state index contributed by atoms with van der Waals surface area (Å²) in [7, 11) is -3.81. The molecule has 26 heavy (non-hydrogen) atoms. The number of fused-ring (bicyclic) bond motifs is 1. The van der Waals surface area contributed by atoms with Gasteiger partial charge in [-0.1, -0.05) is 36.5 Å². The summed E-state index contributed by atoms with van der Waals surface area (Å²) in [6.07, 6.45) is 5.15. The molecule has 1 aliphatic carbocycles. The number of aryl methyl sites for hydroxylation is 2. The SMILES string of the molecule is CCC(NS(=O)(=O)c1nnc(NC(C)=O)s1)c1ccc2c(c1)CCCC2. The Labute approximate surface area is 157 Å². The number of carbonyl (C=O) groups is 1. The zero-order valence-corrected chi connectivity index (χ0v) is 16.4. The van der Waals surface area contributed by atoms with Gasteiger partial charge in [-0.05, 0) is 48.8 Å². The minimum atomic E-state index is -3.81. The van der Waals surface area contributed by atoms with Gasteiger partial charge in [0, 0.05) is 13.0 Å². The number of anilines is 1. The lowest BCUT2D eigenvalue weighted by Gasteiger charge is -2.21. The van der Waals surface area contributed by atoms with E-state index in [2.05, 4.69) is 32.4 Å². The van der Waals surface area contributed by atoms with Gasteiger partial charge in [-0.15, -0.1) is 10.2 Å². The number of amides is 1. The topological polar surface area (TPSA) is 101 Å². The van der Waals surface area contributed by atoms with E-state index in [0.717, 1.165) is 29.7 Å². The fraction of sp³-hybridized carbons (Fsp3) is 0.471. The van der Waals surface area contributed by atoms with E-state index in [-0.39, 0.29) is 21.4 Å². The zero-order valence-electron chi connectivity index (χ0n) is 14.8. The minimum absolute atomic E-state index is 0.155. The fourth-order valence-electron chi connectivity index (χ4n) is 3.11. The van der Waals surface area contributed by atoms with Gasteiger partial charge >= 0.3 is 0 Å². The van der Waals surface area contributed by atoms with Gasteiger partial charge in [-0.2, -0.15) is 0 Å². The second kappa shape index (κ2) is 7.81. The summed E-state index contributed by atoms with van der Waals surface area (Å²) in [6, 6.07) is 5.90. The predicted molar refractivity (Wildman–Crippen MR) is 101 cm³/mol. The quantitative estimate of drug-likeness (QED) is 0.734. The van der Waals surface area contributed by atoms with Gasteiger partial charge in [0.2, 0.25) is 15.4 Å². The highest BCUT2D eigenvalue weighted by atomic mass is 32.2. The van der Waals surface area contributed by atoms with E-state index in [0.29, 0.717) is 6.42 Å². The molecule has 7 nitrogen and oxygen atoms in total. The van der Waals surface area contributed by atoms with E-state index in [1.165, 1.54) is 30.9 Å². The van der Waals surface area contributed by atoms with Crippen molar-refractivity contribution in [2.24, 2.45) is 0 Å². The molecule has 1 unspecified atom stereocenters. The Kier molecular flexibility index (Phi) is 5.69. The normalized spacial score (nSPS) is 15.3. The van der Waals surface area contributed by atoms with Crippen LogP contribution in [0.1, 0.15) is 55.8 Å². The van der Waals surface area contributed by atoms with E-state index in [9.17, 15) is 13.2 Å². The Morgan fingerprint density at radius 3 is 2.65 bits per heavy atom. The molecule has 1 amide bonds. The summed E-state index contributed by atoms with van der Waals surface area (Å²) in [5, 5.41) is 10.0. The van der Waals surface area contributed by atoms with Crippen molar-refractivity contribution in [3.63, 3.8) is 0 Å². The van der Waals surface area contributed by atoms with E-state index in [4.69, 9.17) is 0 Å². The minimum Gasteiger partial charge on any atom is -0.301 e. The van der Waals surface area contributed by atoms with Crippen LogP contribution in [0, 0.1) is 0 Å².